The normalized spacial score (nSPS) is 22.1. The summed E-state index contributed by atoms with van der Waals surface area (Å²) < 4.78 is 13.1. The molecule has 0 amide bonds. The largest absolute Gasteiger partial charge is 0.483 e. The second-order valence-corrected chi connectivity index (χ2v) is 7.46. The number of benzene rings is 1. The zero-order chi connectivity index (χ0) is 19.9. The van der Waals surface area contributed by atoms with Crippen molar-refractivity contribution in [1.82, 2.24) is 4.98 Å². The van der Waals surface area contributed by atoms with Crippen LogP contribution in [0.3, 0.4) is 0 Å². The third-order valence-corrected chi connectivity index (χ3v) is 5.75. The maximum absolute atomic E-state index is 13.1. The highest BCUT2D eigenvalue weighted by atomic mass is 32.1. The molecule has 2 aromatic rings. The summed E-state index contributed by atoms with van der Waals surface area (Å²) in [4.78, 5) is 15.2. The van der Waals surface area contributed by atoms with Gasteiger partial charge in [-0.15, -0.1) is 11.3 Å². The Labute approximate surface area is 161 Å². The predicted octanol–water partition coefficient (Wildman–Crippen LogP) is 3.00. The van der Waals surface area contributed by atoms with E-state index >= 15 is 0 Å². The van der Waals surface area contributed by atoms with Gasteiger partial charge in [0, 0.05) is 29.4 Å². The Balaban J connectivity index is 0.000000817. The van der Waals surface area contributed by atoms with Crippen LogP contribution in [0.2, 0.25) is 0 Å². The Bertz CT molecular complexity index is 725. The highest BCUT2D eigenvalue weighted by molar-refractivity contribution is 7.14. The van der Waals surface area contributed by atoms with E-state index in [0.717, 1.165) is 35.8 Å². The van der Waals surface area contributed by atoms with Gasteiger partial charge in [0.15, 0.2) is 5.13 Å². The highest BCUT2D eigenvalue weighted by Crippen LogP contribution is 2.38. The van der Waals surface area contributed by atoms with Crippen molar-refractivity contribution >= 4 is 22.9 Å². The summed E-state index contributed by atoms with van der Waals surface area (Å²) in [5, 5.41) is 30.0. The lowest BCUT2D eigenvalue weighted by molar-refractivity contribution is -0.122. The quantitative estimate of drug-likeness (QED) is 0.673. The number of aliphatic hydroxyl groups is 2. The number of hydrogen-bond acceptors (Lipinski definition) is 6. The monoisotopic (exact) mass is 396 g/mol. The molecule has 2 heterocycles. The molecule has 1 aromatic heterocycles. The van der Waals surface area contributed by atoms with E-state index in [1.165, 1.54) is 12.1 Å². The molecule has 0 aliphatic carbocycles. The van der Waals surface area contributed by atoms with Crippen LogP contribution < -0.4 is 4.90 Å². The van der Waals surface area contributed by atoms with Crippen molar-refractivity contribution in [2.45, 2.75) is 32.3 Å². The second kappa shape index (κ2) is 9.77. The standard InChI is InChI=1S/C18H23FN2O2S.CH2O2/c1-2-8-18(12-22)11-21(9-7-16(18)23)17-20-15(10-24-17)13-3-5-14(19)6-4-13;2-1-3/h3-6,10,16,22-23H,2,7-9,11-12H2,1H3;1H,(H,2,3)/t16-,18-;/m0./s1. The summed E-state index contributed by atoms with van der Waals surface area (Å²) in [7, 11) is 0. The number of aliphatic hydroxyl groups excluding tert-OH is 2. The number of carboxylic acid groups (broad SMARTS) is 1. The zero-order valence-corrected chi connectivity index (χ0v) is 16.0. The van der Waals surface area contributed by atoms with Crippen LogP contribution in [0.15, 0.2) is 29.6 Å². The lowest BCUT2D eigenvalue weighted by atomic mass is 9.75. The van der Waals surface area contributed by atoms with Gasteiger partial charge in [-0.25, -0.2) is 9.37 Å². The first-order chi connectivity index (χ1) is 13.0. The number of carbonyl (C=O) groups is 1. The van der Waals surface area contributed by atoms with Crippen LogP contribution in [0.1, 0.15) is 26.2 Å². The van der Waals surface area contributed by atoms with Gasteiger partial charge in [0.2, 0.25) is 0 Å². The van der Waals surface area contributed by atoms with Gasteiger partial charge in [-0.1, -0.05) is 13.3 Å². The number of rotatable bonds is 5. The molecule has 6 nitrogen and oxygen atoms in total. The third kappa shape index (κ3) is 5.03. The maximum atomic E-state index is 13.1. The molecule has 1 aliphatic heterocycles. The second-order valence-electron chi connectivity index (χ2n) is 6.62. The molecule has 3 rings (SSSR count). The average Bonchev–Trinajstić information content (AvgIpc) is 3.15. The number of halogens is 1. The average molecular weight is 396 g/mol. The molecule has 1 aromatic carbocycles. The van der Waals surface area contributed by atoms with Gasteiger partial charge < -0.3 is 20.2 Å². The highest BCUT2D eigenvalue weighted by Gasteiger charge is 2.42. The van der Waals surface area contributed by atoms with Crippen molar-refractivity contribution in [1.29, 1.82) is 0 Å². The fraction of sp³-hybridized carbons (Fsp3) is 0.474. The summed E-state index contributed by atoms with van der Waals surface area (Å²) in [5.41, 5.74) is 1.23. The lowest BCUT2D eigenvalue weighted by Gasteiger charge is -2.45. The van der Waals surface area contributed by atoms with E-state index in [0.29, 0.717) is 13.0 Å². The number of aromatic nitrogens is 1. The molecule has 0 spiro atoms. The molecular formula is C19H25FN2O4S. The van der Waals surface area contributed by atoms with Gasteiger partial charge in [0.05, 0.1) is 18.4 Å². The summed E-state index contributed by atoms with van der Waals surface area (Å²) in [6.07, 6.45) is 1.86. The van der Waals surface area contributed by atoms with E-state index in [2.05, 4.69) is 16.8 Å². The predicted molar refractivity (Wildman–Crippen MR) is 103 cm³/mol. The fourth-order valence-electron chi connectivity index (χ4n) is 3.45. The molecule has 3 N–H and O–H groups in total. The van der Waals surface area contributed by atoms with Gasteiger partial charge in [-0.05, 0) is 37.1 Å². The molecule has 27 heavy (non-hydrogen) atoms. The Morgan fingerprint density at radius 3 is 2.67 bits per heavy atom. The molecule has 1 aliphatic rings. The number of thiazole rings is 1. The molecule has 1 fully saturated rings. The van der Waals surface area contributed by atoms with E-state index < -0.39 is 11.5 Å². The topological polar surface area (TPSA) is 93.9 Å². The number of piperidine rings is 1. The van der Waals surface area contributed by atoms with E-state index in [1.54, 1.807) is 23.5 Å². The van der Waals surface area contributed by atoms with Gasteiger partial charge in [0.25, 0.3) is 6.47 Å². The minimum absolute atomic E-state index is 0.0191. The van der Waals surface area contributed by atoms with Crippen molar-refractivity contribution < 1.29 is 24.5 Å². The summed E-state index contributed by atoms with van der Waals surface area (Å²) in [6, 6.07) is 6.32. The van der Waals surface area contributed by atoms with Crippen LogP contribution in [0.4, 0.5) is 9.52 Å². The first kappa shape index (κ1) is 21.3. The van der Waals surface area contributed by atoms with Crippen molar-refractivity contribution in [2.75, 3.05) is 24.6 Å². The van der Waals surface area contributed by atoms with E-state index in [-0.39, 0.29) is 18.9 Å². The molecule has 8 heteroatoms. The molecule has 0 radical (unpaired) electrons. The molecule has 0 bridgehead atoms. The van der Waals surface area contributed by atoms with Crippen LogP contribution in [-0.4, -0.2) is 52.6 Å². The zero-order valence-electron chi connectivity index (χ0n) is 15.2. The van der Waals surface area contributed by atoms with Gasteiger partial charge in [-0.3, -0.25) is 4.79 Å². The van der Waals surface area contributed by atoms with E-state index in [1.807, 2.05) is 5.38 Å². The fourth-order valence-corrected chi connectivity index (χ4v) is 4.31. The van der Waals surface area contributed by atoms with Crippen LogP contribution in [-0.2, 0) is 4.79 Å². The van der Waals surface area contributed by atoms with Crippen LogP contribution in [0, 0.1) is 11.2 Å². The molecule has 2 atom stereocenters. The Hall–Kier alpha value is -2.03. The van der Waals surface area contributed by atoms with Gasteiger partial charge in [-0.2, -0.15) is 0 Å². The first-order valence-corrected chi connectivity index (χ1v) is 9.70. The Kier molecular flexibility index (Phi) is 7.70. The van der Waals surface area contributed by atoms with Crippen molar-refractivity contribution in [3.63, 3.8) is 0 Å². The summed E-state index contributed by atoms with van der Waals surface area (Å²) >= 11 is 1.54. The maximum Gasteiger partial charge on any atom is 0.290 e. The van der Waals surface area contributed by atoms with Gasteiger partial charge >= 0.3 is 0 Å². The minimum Gasteiger partial charge on any atom is -0.483 e. The van der Waals surface area contributed by atoms with Crippen molar-refractivity contribution in [3.05, 3.63) is 35.5 Å². The first-order valence-electron chi connectivity index (χ1n) is 8.83. The minimum atomic E-state index is -0.477. The van der Waals surface area contributed by atoms with Crippen LogP contribution >= 0.6 is 11.3 Å². The smallest absolute Gasteiger partial charge is 0.290 e. The number of anilines is 1. The summed E-state index contributed by atoms with van der Waals surface area (Å²) in [5.74, 6) is -0.258. The van der Waals surface area contributed by atoms with Crippen LogP contribution in [0.5, 0.6) is 0 Å². The molecule has 0 unspecified atom stereocenters. The molecular weight excluding hydrogens is 371 g/mol. The molecule has 0 saturated carbocycles. The van der Waals surface area contributed by atoms with E-state index in [4.69, 9.17) is 9.90 Å². The SMILES string of the molecule is CCC[C@@]1(CO)CN(c2nc(-c3ccc(F)cc3)cs2)CC[C@@H]1O.O=CO. The third-order valence-electron chi connectivity index (χ3n) is 4.85. The molecule has 1 saturated heterocycles. The van der Waals surface area contributed by atoms with Crippen molar-refractivity contribution in [3.8, 4) is 11.3 Å². The molecule has 148 valence electrons. The Morgan fingerprint density at radius 1 is 1.41 bits per heavy atom. The van der Waals surface area contributed by atoms with Crippen LogP contribution in [0.25, 0.3) is 11.3 Å². The van der Waals surface area contributed by atoms with Gasteiger partial charge in [0.1, 0.15) is 5.82 Å². The Morgan fingerprint density at radius 2 is 2.07 bits per heavy atom. The number of nitrogens with zero attached hydrogens (tertiary/aromatic N) is 2. The van der Waals surface area contributed by atoms with E-state index in [9.17, 15) is 14.6 Å². The number of hydrogen-bond donors (Lipinski definition) is 3. The summed E-state index contributed by atoms with van der Waals surface area (Å²) in [6.45, 7) is 3.13. The lowest BCUT2D eigenvalue weighted by Crippen LogP contribution is -2.53. The van der Waals surface area contributed by atoms with Crippen molar-refractivity contribution in [2.24, 2.45) is 5.41 Å².